The average molecular weight is 337 g/mol. The normalized spacial score (nSPS) is 20.0. The highest BCUT2D eigenvalue weighted by molar-refractivity contribution is 8.13. The van der Waals surface area contributed by atoms with Crippen molar-refractivity contribution in [2.45, 2.75) is 51.1 Å². The summed E-state index contributed by atoms with van der Waals surface area (Å²) in [6, 6.07) is 0. The van der Waals surface area contributed by atoms with Crippen molar-refractivity contribution in [2.24, 2.45) is 5.41 Å². The summed E-state index contributed by atoms with van der Waals surface area (Å²) in [5, 5.41) is 0. The van der Waals surface area contributed by atoms with Crippen LogP contribution in [0.25, 0.3) is 0 Å². The Bertz CT molecular complexity index is 389. The molecule has 0 aromatic rings. The third-order valence-corrected chi connectivity index (χ3v) is 4.83. The van der Waals surface area contributed by atoms with Crippen molar-refractivity contribution in [3.63, 3.8) is 0 Å². The van der Waals surface area contributed by atoms with Crippen LogP contribution in [0.5, 0.6) is 0 Å². The fraction of sp³-hybridized carbons (Fsp3) is 1.00. The zero-order valence-corrected chi connectivity index (χ0v) is 12.8. The van der Waals surface area contributed by atoms with Gasteiger partial charge in [-0.25, -0.2) is 8.42 Å². The lowest BCUT2D eigenvalue weighted by atomic mass is 9.76. The summed E-state index contributed by atoms with van der Waals surface area (Å²) in [4.78, 5) is 0. The highest BCUT2D eigenvalue weighted by Gasteiger charge is 2.36. The van der Waals surface area contributed by atoms with E-state index < -0.39 is 27.1 Å². The summed E-state index contributed by atoms with van der Waals surface area (Å²) < 4.78 is 63.8. The second kappa shape index (κ2) is 7.31. The molecule has 0 unspecified atom stereocenters. The van der Waals surface area contributed by atoms with Crippen LogP contribution >= 0.6 is 10.7 Å². The Morgan fingerprint density at radius 1 is 1.15 bits per heavy atom. The van der Waals surface area contributed by atoms with Gasteiger partial charge in [0.15, 0.2) is 0 Å². The highest BCUT2D eigenvalue weighted by Crippen LogP contribution is 2.38. The molecule has 1 aliphatic rings. The van der Waals surface area contributed by atoms with Gasteiger partial charge in [0, 0.05) is 29.1 Å². The number of halogens is 4. The van der Waals surface area contributed by atoms with Crippen LogP contribution in [0.2, 0.25) is 0 Å². The van der Waals surface area contributed by atoms with Crippen LogP contribution in [0.15, 0.2) is 0 Å². The Balaban J connectivity index is 2.42. The van der Waals surface area contributed by atoms with E-state index in [1.165, 1.54) is 0 Å². The summed E-state index contributed by atoms with van der Waals surface area (Å²) in [7, 11) is 1.69. The molecule has 20 heavy (non-hydrogen) atoms. The monoisotopic (exact) mass is 336 g/mol. The number of hydrogen-bond acceptors (Lipinski definition) is 3. The molecule has 0 heterocycles. The highest BCUT2D eigenvalue weighted by atomic mass is 35.7. The molecular formula is C12H20ClF3O3S. The molecule has 0 aromatic heterocycles. The van der Waals surface area contributed by atoms with Gasteiger partial charge in [-0.05, 0) is 19.3 Å². The maximum atomic E-state index is 12.0. The van der Waals surface area contributed by atoms with Crippen LogP contribution < -0.4 is 0 Å². The van der Waals surface area contributed by atoms with Crippen molar-refractivity contribution in [1.82, 2.24) is 0 Å². The predicted molar refractivity (Wildman–Crippen MR) is 71.3 cm³/mol. The van der Waals surface area contributed by atoms with E-state index in [9.17, 15) is 21.6 Å². The van der Waals surface area contributed by atoms with Crippen molar-refractivity contribution in [1.29, 1.82) is 0 Å². The topological polar surface area (TPSA) is 43.4 Å². The third kappa shape index (κ3) is 7.69. The molecule has 1 fully saturated rings. The molecule has 0 atom stereocenters. The minimum atomic E-state index is -4.18. The fourth-order valence-corrected chi connectivity index (χ4v) is 4.46. The number of alkyl halides is 3. The van der Waals surface area contributed by atoms with Crippen LogP contribution in [0.1, 0.15) is 44.9 Å². The SMILES string of the molecule is O=S(=O)(Cl)CC1(COCCCC(F)(F)F)CCCCC1. The third-order valence-electron chi connectivity index (χ3n) is 3.55. The fourth-order valence-electron chi connectivity index (χ4n) is 2.66. The van der Waals surface area contributed by atoms with Crippen molar-refractivity contribution in [3.8, 4) is 0 Å². The molecule has 0 radical (unpaired) electrons. The van der Waals surface area contributed by atoms with Crippen molar-refractivity contribution >= 4 is 19.7 Å². The van der Waals surface area contributed by atoms with Gasteiger partial charge in [-0.2, -0.15) is 13.2 Å². The Hall–Kier alpha value is -0.0100. The van der Waals surface area contributed by atoms with Gasteiger partial charge in [-0.3, -0.25) is 0 Å². The van der Waals surface area contributed by atoms with Crippen LogP contribution in [-0.2, 0) is 13.8 Å². The van der Waals surface area contributed by atoms with Gasteiger partial charge in [-0.15, -0.1) is 0 Å². The van der Waals surface area contributed by atoms with Gasteiger partial charge in [0.05, 0.1) is 12.4 Å². The smallest absolute Gasteiger partial charge is 0.381 e. The lowest BCUT2D eigenvalue weighted by Crippen LogP contribution is -2.35. The lowest BCUT2D eigenvalue weighted by Gasteiger charge is -2.36. The zero-order chi connectivity index (χ0) is 15.3. The first-order valence-corrected chi connectivity index (χ1v) is 9.17. The molecular weight excluding hydrogens is 317 g/mol. The molecule has 120 valence electrons. The maximum Gasteiger partial charge on any atom is 0.389 e. The summed E-state index contributed by atoms with van der Waals surface area (Å²) in [6.45, 7) is 0.153. The molecule has 8 heteroatoms. The van der Waals surface area contributed by atoms with Crippen LogP contribution in [0.4, 0.5) is 13.2 Å². The summed E-state index contributed by atoms with van der Waals surface area (Å²) in [5.41, 5.74) is -0.531. The number of hydrogen-bond donors (Lipinski definition) is 0. The van der Waals surface area contributed by atoms with Gasteiger partial charge in [0.2, 0.25) is 9.05 Å². The Kier molecular flexibility index (Phi) is 6.60. The lowest BCUT2D eigenvalue weighted by molar-refractivity contribution is -0.138. The second-order valence-corrected chi connectivity index (χ2v) is 8.29. The molecule has 0 aliphatic heterocycles. The van der Waals surface area contributed by atoms with Crippen LogP contribution in [0, 0.1) is 5.41 Å². The van der Waals surface area contributed by atoms with Crippen molar-refractivity contribution < 1.29 is 26.3 Å². The van der Waals surface area contributed by atoms with Crippen molar-refractivity contribution in [2.75, 3.05) is 19.0 Å². The first kappa shape index (κ1) is 18.0. The molecule has 0 aromatic carbocycles. The van der Waals surface area contributed by atoms with Crippen LogP contribution in [0.3, 0.4) is 0 Å². The van der Waals surface area contributed by atoms with E-state index in [4.69, 9.17) is 15.4 Å². The zero-order valence-electron chi connectivity index (χ0n) is 11.2. The number of ether oxygens (including phenoxy) is 1. The summed E-state index contributed by atoms with van der Waals surface area (Å²) in [5.74, 6) is -0.166. The van der Waals surface area contributed by atoms with E-state index in [-0.39, 0.29) is 25.4 Å². The summed E-state index contributed by atoms with van der Waals surface area (Å²) >= 11 is 0. The summed E-state index contributed by atoms with van der Waals surface area (Å²) in [6.07, 6.45) is -0.933. The van der Waals surface area contributed by atoms with E-state index in [0.29, 0.717) is 12.8 Å². The van der Waals surface area contributed by atoms with E-state index in [1.807, 2.05) is 0 Å². The van der Waals surface area contributed by atoms with E-state index in [1.54, 1.807) is 0 Å². The van der Waals surface area contributed by atoms with E-state index in [2.05, 4.69) is 0 Å². The maximum absolute atomic E-state index is 12.0. The van der Waals surface area contributed by atoms with Gasteiger partial charge >= 0.3 is 6.18 Å². The van der Waals surface area contributed by atoms with E-state index >= 15 is 0 Å². The quantitative estimate of drug-likeness (QED) is 0.523. The van der Waals surface area contributed by atoms with Crippen LogP contribution in [-0.4, -0.2) is 33.6 Å². The predicted octanol–water partition coefficient (Wildman–Crippen LogP) is 3.86. The largest absolute Gasteiger partial charge is 0.389 e. The van der Waals surface area contributed by atoms with Gasteiger partial charge in [0.1, 0.15) is 0 Å². The molecule has 1 saturated carbocycles. The van der Waals surface area contributed by atoms with Crippen molar-refractivity contribution in [3.05, 3.63) is 0 Å². The Morgan fingerprint density at radius 3 is 2.25 bits per heavy atom. The molecule has 0 spiro atoms. The average Bonchev–Trinajstić information content (AvgIpc) is 2.25. The second-order valence-electron chi connectivity index (χ2n) is 5.52. The number of rotatable bonds is 7. The minimum absolute atomic E-state index is 0.0103. The van der Waals surface area contributed by atoms with Gasteiger partial charge in [0.25, 0.3) is 0 Å². The minimum Gasteiger partial charge on any atom is -0.381 e. The Labute approximate surface area is 122 Å². The molecule has 0 saturated heterocycles. The van der Waals surface area contributed by atoms with E-state index in [0.717, 1.165) is 19.3 Å². The molecule has 1 rings (SSSR count). The molecule has 0 N–H and O–H groups in total. The van der Waals surface area contributed by atoms with Gasteiger partial charge < -0.3 is 4.74 Å². The molecule has 0 bridgehead atoms. The standard InChI is InChI=1S/C12H20ClF3O3S/c13-20(17,18)10-11(5-2-1-3-6-11)9-19-8-4-7-12(14,15)16/h1-10H2. The molecule has 3 nitrogen and oxygen atoms in total. The Morgan fingerprint density at radius 2 is 1.75 bits per heavy atom. The first-order valence-electron chi connectivity index (χ1n) is 6.69. The molecule has 0 amide bonds. The van der Waals surface area contributed by atoms with Gasteiger partial charge in [-0.1, -0.05) is 19.3 Å². The molecule has 1 aliphatic carbocycles. The first-order chi connectivity index (χ1) is 9.12.